The number of unbranched alkanes of at least 4 members (excludes halogenated alkanes) is 54. The normalized spacial score (nSPS) is 13.8. The second kappa shape index (κ2) is 76.4. The molecule has 0 aliphatic carbocycles. The molecule has 0 amide bonds. The molecule has 0 fully saturated rings. The lowest BCUT2D eigenvalue weighted by molar-refractivity contribution is -0.161. The van der Waals surface area contributed by atoms with Gasteiger partial charge in [-0.15, -0.1) is 0 Å². The number of carbonyl (C=O) groups is 4. The monoisotopic (exact) mass is 1520 g/mol. The molecule has 0 aromatic rings. The maximum absolute atomic E-state index is 13.1. The third kappa shape index (κ3) is 78.2. The summed E-state index contributed by atoms with van der Waals surface area (Å²) >= 11 is 0. The molecule has 0 aliphatic heterocycles. The summed E-state index contributed by atoms with van der Waals surface area (Å²) in [4.78, 5) is 73.2. The molecule has 0 aromatic heterocycles. The van der Waals surface area contributed by atoms with Gasteiger partial charge >= 0.3 is 39.5 Å². The summed E-state index contributed by atoms with van der Waals surface area (Å²) in [7, 11) is -9.93. The minimum Gasteiger partial charge on any atom is -0.462 e. The largest absolute Gasteiger partial charge is 0.472 e. The molecule has 0 radical (unpaired) electrons. The second-order valence-electron chi connectivity index (χ2n) is 31.5. The first kappa shape index (κ1) is 102. The predicted molar refractivity (Wildman–Crippen MR) is 428 cm³/mol. The molecule has 3 N–H and O–H groups in total. The topological polar surface area (TPSA) is 237 Å². The van der Waals surface area contributed by atoms with Crippen LogP contribution in [0.5, 0.6) is 0 Å². The quantitative estimate of drug-likeness (QED) is 0.0222. The predicted octanol–water partition coefficient (Wildman–Crippen LogP) is 25.8. The smallest absolute Gasteiger partial charge is 0.462 e. The van der Waals surface area contributed by atoms with Gasteiger partial charge in [0.1, 0.15) is 19.3 Å². The van der Waals surface area contributed by atoms with Crippen molar-refractivity contribution in [2.75, 3.05) is 39.6 Å². The van der Waals surface area contributed by atoms with Gasteiger partial charge in [0.2, 0.25) is 0 Å². The van der Waals surface area contributed by atoms with Crippen molar-refractivity contribution in [3.63, 3.8) is 0 Å². The Hall–Kier alpha value is -1.94. The second-order valence-corrected chi connectivity index (χ2v) is 34.4. The van der Waals surface area contributed by atoms with Crippen LogP contribution in [0.4, 0.5) is 0 Å². The first-order valence-electron chi connectivity index (χ1n) is 44.0. The zero-order valence-electron chi connectivity index (χ0n) is 68.3. The SMILES string of the molecule is CCCCCCCCCCCCCCCCCCCCCCC(=O)O[C@H](COC(=O)CCCCCCCCCCCCCCCCCCCCC)COP(=O)(O)OC[C@@H](O)COP(=O)(O)OC[C@@H](COC(=O)CCCCCCCCCCCC(C)C)OC(=O)CCCCCCCCCCCCC(C)C. The number of phosphoric acid groups is 2. The minimum absolute atomic E-state index is 0.106. The van der Waals surface area contributed by atoms with E-state index in [1.165, 1.54) is 270 Å². The van der Waals surface area contributed by atoms with Crippen LogP contribution in [0, 0.1) is 11.8 Å². The summed E-state index contributed by atoms with van der Waals surface area (Å²) in [5, 5.41) is 10.7. The minimum atomic E-state index is -4.97. The number of hydrogen-bond donors (Lipinski definition) is 3. The van der Waals surface area contributed by atoms with E-state index in [9.17, 15) is 43.2 Å². The van der Waals surface area contributed by atoms with Gasteiger partial charge in [-0.05, 0) is 37.5 Å². The first-order chi connectivity index (χ1) is 50.4. The average Bonchev–Trinajstić information content (AvgIpc) is 0.916. The number of rotatable bonds is 84. The zero-order valence-corrected chi connectivity index (χ0v) is 70.1. The number of phosphoric ester groups is 2. The van der Waals surface area contributed by atoms with E-state index < -0.39 is 97.5 Å². The van der Waals surface area contributed by atoms with Crippen molar-refractivity contribution in [3.8, 4) is 0 Å². The van der Waals surface area contributed by atoms with Crippen LogP contribution < -0.4 is 0 Å². The van der Waals surface area contributed by atoms with E-state index in [0.29, 0.717) is 25.7 Å². The molecule has 0 saturated heterocycles. The summed E-state index contributed by atoms with van der Waals surface area (Å²) in [6.45, 7) is 9.63. The molecule has 0 heterocycles. The van der Waals surface area contributed by atoms with Gasteiger partial charge in [0, 0.05) is 25.7 Å². The van der Waals surface area contributed by atoms with E-state index in [4.69, 9.17) is 37.0 Å². The summed E-state index contributed by atoms with van der Waals surface area (Å²) < 4.78 is 68.9. The fourth-order valence-corrected chi connectivity index (χ4v) is 14.8. The molecule has 0 bridgehead atoms. The van der Waals surface area contributed by atoms with Crippen LogP contribution in [-0.2, 0) is 65.4 Å². The molecule has 0 saturated carbocycles. The fourth-order valence-electron chi connectivity index (χ4n) is 13.2. The van der Waals surface area contributed by atoms with E-state index in [2.05, 4.69) is 41.5 Å². The highest BCUT2D eigenvalue weighted by Crippen LogP contribution is 2.45. The van der Waals surface area contributed by atoms with Gasteiger partial charge in [-0.25, -0.2) is 9.13 Å². The maximum atomic E-state index is 13.1. The number of esters is 4. The van der Waals surface area contributed by atoms with Gasteiger partial charge in [0.25, 0.3) is 0 Å². The van der Waals surface area contributed by atoms with Gasteiger partial charge in [0.15, 0.2) is 12.2 Å². The average molecular weight is 1520 g/mol. The maximum Gasteiger partial charge on any atom is 0.472 e. The molecule has 5 atom stereocenters. The Morgan fingerprint density at radius 1 is 0.260 bits per heavy atom. The van der Waals surface area contributed by atoms with Gasteiger partial charge in [-0.1, -0.05) is 401 Å². The summed E-state index contributed by atoms with van der Waals surface area (Å²) in [6.07, 6.45) is 68.1. The van der Waals surface area contributed by atoms with Crippen molar-refractivity contribution >= 4 is 39.5 Å². The first-order valence-corrected chi connectivity index (χ1v) is 47.0. The van der Waals surface area contributed by atoms with Crippen LogP contribution in [0.15, 0.2) is 0 Å². The molecule has 0 aliphatic rings. The van der Waals surface area contributed by atoms with Crippen LogP contribution in [0.1, 0.15) is 452 Å². The van der Waals surface area contributed by atoms with Crippen LogP contribution in [0.2, 0.25) is 0 Å². The van der Waals surface area contributed by atoms with E-state index >= 15 is 0 Å². The van der Waals surface area contributed by atoms with Crippen LogP contribution in [0.25, 0.3) is 0 Å². The van der Waals surface area contributed by atoms with Crippen molar-refractivity contribution in [1.29, 1.82) is 0 Å². The summed E-state index contributed by atoms with van der Waals surface area (Å²) in [5.41, 5.74) is 0. The van der Waals surface area contributed by atoms with E-state index in [1.807, 2.05) is 0 Å². The highest BCUT2D eigenvalue weighted by atomic mass is 31.2. The van der Waals surface area contributed by atoms with Gasteiger partial charge in [-0.3, -0.25) is 37.3 Å². The standard InChI is InChI=1S/C85H166O17P2/c1-7-9-11-13-15-17-19-21-23-25-27-29-31-33-35-37-44-51-57-63-69-84(89)101-80(73-95-82(87)67-61-55-49-43-36-34-32-30-28-26-24-22-20-18-16-14-12-10-8-2)75-99-103(91,92)97-71-79(86)72-98-104(93,94)100-76-81(74-96-83(88)68-62-56-50-46-40-42-48-54-60-66-78(5)6)102-85(90)70-64-58-52-45-39-38-41-47-53-59-65-77(3)4/h77-81,86H,7-76H2,1-6H3,(H,91,92)(H,93,94)/t79-,80-,81-/m1/s1. The number of carbonyl (C=O) groups excluding carboxylic acids is 4. The molecule has 0 aromatic carbocycles. The van der Waals surface area contributed by atoms with Gasteiger partial charge < -0.3 is 33.8 Å². The third-order valence-electron chi connectivity index (χ3n) is 20.0. The van der Waals surface area contributed by atoms with Crippen molar-refractivity contribution in [1.82, 2.24) is 0 Å². The van der Waals surface area contributed by atoms with Crippen LogP contribution in [0.3, 0.4) is 0 Å². The van der Waals surface area contributed by atoms with E-state index in [-0.39, 0.29) is 25.7 Å². The Morgan fingerprint density at radius 2 is 0.442 bits per heavy atom. The lowest BCUT2D eigenvalue weighted by Gasteiger charge is -2.21. The molecule has 17 nitrogen and oxygen atoms in total. The van der Waals surface area contributed by atoms with Crippen LogP contribution in [-0.4, -0.2) is 96.7 Å². The number of aliphatic hydroxyl groups is 1. The number of hydrogen-bond acceptors (Lipinski definition) is 15. The molecular weight excluding hydrogens is 1350 g/mol. The molecule has 104 heavy (non-hydrogen) atoms. The van der Waals surface area contributed by atoms with Gasteiger partial charge in [0.05, 0.1) is 26.4 Å². The number of aliphatic hydroxyl groups excluding tert-OH is 1. The fraction of sp³-hybridized carbons (Fsp3) is 0.953. The van der Waals surface area contributed by atoms with Crippen LogP contribution >= 0.6 is 15.6 Å². The Kier molecular flexibility index (Phi) is 75.0. The number of ether oxygens (including phenoxy) is 4. The van der Waals surface area contributed by atoms with Crippen molar-refractivity contribution in [2.24, 2.45) is 11.8 Å². The van der Waals surface area contributed by atoms with E-state index in [0.717, 1.165) is 102 Å². The molecule has 0 spiro atoms. The van der Waals surface area contributed by atoms with Gasteiger partial charge in [-0.2, -0.15) is 0 Å². The molecule has 2 unspecified atom stereocenters. The Bertz CT molecular complexity index is 1990. The molecule has 0 rings (SSSR count). The Balaban J connectivity index is 5.24. The van der Waals surface area contributed by atoms with Crippen molar-refractivity contribution in [2.45, 2.75) is 471 Å². The van der Waals surface area contributed by atoms with Crippen molar-refractivity contribution in [3.05, 3.63) is 0 Å². The highest BCUT2D eigenvalue weighted by molar-refractivity contribution is 7.47. The lowest BCUT2D eigenvalue weighted by atomic mass is 10.0. The summed E-state index contributed by atoms with van der Waals surface area (Å²) in [5.74, 6) is -0.609. The molecule has 19 heteroatoms. The summed E-state index contributed by atoms with van der Waals surface area (Å²) in [6, 6.07) is 0. The zero-order chi connectivity index (χ0) is 76.4. The lowest BCUT2D eigenvalue weighted by Crippen LogP contribution is -2.30. The van der Waals surface area contributed by atoms with Crippen molar-refractivity contribution < 1.29 is 80.2 Å². The Morgan fingerprint density at radius 3 is 0.654 bits per heavy atom. The Labute approximate surface area is 638 Å². The van der Waals surface area contributed by atoms with E-state index in [1.54, 1.807) is 0 Å². The molecular formula is C85H166O17P2. The molecule has 618 valence electrons. The highest BCUT2D eigenvalue weighted by Gasteiger charge is 2.30. The third-order valence-corrected chi connectivity index (χ3v) is 21.9.